The van der Waals surface area contributed by atoms with Crippen molar-refractivity contribution < 1.29 is 32.9 Å². The predicted octanol–water partition coefficient (Wildman–Crippen LogP) is 1.85. The highest BCUT2D eigenvalue weighted by Gasteiger charge is 2.21. The zero-order valence-electron chi connectivity index (χ0n) is 8.65. The smallest absolute Gasteiger partial charge is 0.387 e. The number of alkyl halides is 2. The normalized spacial score (nSPS) is 12.6. The van der Waals surface area contributed by atoms with E-state index in [4.69, 9.17) is 10.2 Å². The first-order valence-corrected chi connectivity index (χ1v) is 4.48. The number of carbonyl (C=O) groups is 1. The van der Waals surface area contributed by atoms with Crippen LogP contribution in [-0.4, -0.2) is 22.8 Å². The van der Waals surface area contributed by atoms with Crippen LogP contribution in [0.3, 0.4) is 0 Å². The van der Waals surface area contributed by atoms with E-state index in [1.54, 1.807) is 0 Å². The summed E-state index contributed by atoms with van der Waals surface area (Å²) in [4.78, 5) is 10.5. The topological polar surface area (TPSA) is 66.8 Å². The second-order valence-electron chi connectivity index (χ2n) is 3.27. The summed E-state index contributed by atoms with van der Waals surface area (Å²) in [5.74, 6) is -3.38. The number of aliphatic hydroxyl groups excluding tert-OH is 1. The lowest BCUT2D eigenvalue weighted by Crippen LogP contribution is -2.12. The predicted molar refractivity (Wildman–Crippen MR) is 50.4 cm³/mol. The molecule has 1 aromatic carbocycles. The number of halogens is 3. The van der Waals surface area contributed by atoms with E-state index in [0.717, 1.165) is 6.07 Å². The van der Waals surface area contributed by atoms with Crippen LogP contribution in [0.25, 0.3) is 0 Å². The summed E-state index contributed by atoms with van der Waals surface area (Å²) < 4.78 is 41.1. The largest absolute Gasteiger partial charge is 0.479 e. The van der Waals surface area contributed by atoms with Gasteiger partial charge in [-0.2, -0.15) is 8.78 Å². The fraction of sp³-hybridized carbons (Fsp3) is 0.300. The molecule has 1 aromatic rings. The minimum Gasteiger partial charge on any atom is -0.479 e. The van der Waals surface area contributed by atoms with Crippen molar-refractivity contribution in [3.63, 3.8) is 0 Å². The summed E-state index contributed by atoms with van der Waals surface area (Å²) >= 11 is 0. The zero-order valence-corrected chi connectivity index (χ0v) is 8.65. The third-order valence-corrected chi connectivity index (χ3v) is 2.01. The van der Waals surface area contributed by atoms with Crippen LogP contribution < -0.4 is 4.74 Å². The molecule has 1 rings (SSSR count). The number of aliphatic carboxylic acids is 1. The molecule has 0 heterocycles. The van der Waals surface area contributed by atoms with Crippen LogP contribution in [0.4, 0.5) is 13.2 Å². The second-order valence-corrected chi connectivity index (χ2v) is 3.27. The third kappa shape index (κ3) is 3.10. The van der Waals surface area contributed by atoms with Gasteiger partial charge in [-0.05, 0) is 30.2 Å². The van der Waals surface area contributed by atoms with Crippen molar-refractivity contribution in [2.45, 2.75) is 19.6 Å². The van der Waals surface area contributed by atoms with Crippen molar-refractivity contribution in [2.24, 2.45) is 0 Å². The lowest BCUT2D eigenvalue weighted by atomic mass is 10.1. The summed E-state index contributed by atoms with van der Waals surface area (Å²) in [5, 5.41) is 17.7. The molecule has 2 N–H and O–H groups in total. The number of aliphatic hydroxyl groups is 1. The first-order valence-electron chi connectivity index (χ1n) is 4.48. The monoisotopic (exact) mass is 250 g/mol. The Hall–Kier alpha value is -1.76. The lowest BCUT2D eigenvalue weighted by molar-refractivity contribution is -0.147. The summed E-state index contributed by atoms with van der Waals surface area (Å²) in [5.41, 5.74) is -0.269. The van der Waals surface area contributed by atoms with Gasteiger partial charge in [0.25, 0.3) is 0 Å². The van der Waals surface area contributed by atoms with E-state index < -0.39 is 30.3 Å². The lowest BCUT2D eigenvalue weighted by Gasteiger charge is -2.12. The minimum absolute atomic E-state index is 0.0272. The van der Waals surface area contributed by atoms with Crippen LogP contribution >= 0.6 is 0 Å². The highest BCUT2D eigenvalue weighted by Crippen LogP contribution is 2.28. The highest BCUT2D eigenvalue weighted by atomic mass is 19.3. The molecule has 0 saturated carbocycles. The molecule has 0 fully saturated rings. The Balaban J connectivity index is 3.13. The van der Waals surface area contributed by atoms with E-state index in [1.807, 2.05) is 0 Å². The SMILES string of the molecule is Cc1cc(C(O)C(=O)O)cc(F)c1OC(F)F. The summed E-state index contributed by atoms with van der Waals surface area (Å²) in [6.45, 7) is -1.92. The second kappa shape index (κ2) is 5.05. The van der Waals surface area contributed by atoms with Crippen molar-refractivity contribution in [1.82, 2.24) is 0 Å². The third-order valence-electron chi connectivity index (χ3n) is 2.01. The molecule has 7 heteroatoms. The number of ether oxygens (including phenoxy) is 1. The standard InChI is InChI=1S/C10H9F3O4/c1-4-2-5(7(14)9(15)16)3-6(11)8(4)17-10(12)13/h2-3,7,10,14H,1H3,(H,15,16). The Morgan fingerprint density at radius 1 is 1.41 bits per heavy atom. The number of carboxylic acids is 1. The molecule has 1 unspecified atom stereocenters. The number of carboxylic acid groups (broad SMARTS) is 1. The molecule has 17 heavy (non-hydrogen) atoms. The van der Waals surface area contributed by atoms with Gasteiger partial charge < -0.3 is 14.9 Å². The van der Waals surface area contributed by atoms with Gasteiger partial charge in [0.2, 0.25) is 0 Å². The number of aryl methyl sites for hydroxylation is 1. The van der Waals surface area contributed by atoms with Gasteiger partial charge in [0, 0.05) is 0 Å². The van der Waals surface area contributed by atoms with Gasteiger partial charge in [-0.3, -0.25) is 0 Å². The van der Waals surface area contributed by atoms with E-state index in [2.05, 4.69) is 4.74 Å². The quantitative estimate of drug-likeness (QED) is 0.855. The Morgan fingerprint density at radius 3 is 2.41 bits per heavy atom. The van der Waals surface area contributed by atoms with Crippen LogP contribution in [0, 0.1) is 12.7 Å². The Bertz CT molecular complexity index is 411. The molecule has 0 saturated heterocycles. The number of hydrogen-bond donors (Lipinski definition) is 2. The van der Waals surface area contributed by atoms with Gasteiger partial charge in [0.15, 0.2) is 17.7 Å². The van der Waals surface area contributed by atoms with E-state index in [0.29, 0.717) is 6.07 Å². The number of hydrogen-bond acceptors (Lipinski definition) is 3. The Labute approximate surface area is 94.3 Å². The molecular formula is C10H9F3O4. The van der Waals surface area contributed by atoms with Gasteiger partial charge in [0.1, 0.15) is 0 Å². The Kier molecular flexibility index (Phi) is 3.95. The molecule has 1 atom stereocenters. The molecule has 0 aliphatic rings. The molecular weight excluding hydrogens is 241 g/mol. The Morgan fingerprint density at radius 2 is 2.00 bits per heavy atom. The van der Waals surface area contributed by atoms with E-state index >= 15 is 0 Å². The maximum absolute atomic E-state index is 13.3. The molecule has 0 aliphatic heterocycles. The average Bonchev–Trinajstić information content (AvgIpc) is 2.21. The molecule has 94 valence electrons. The van der Waals surface area contributed by atoms with Crippen molar-refractivity contribution in [3.8, 4) is 5.75 Å². The maximum Gasteiger partial charge on any atom is 0.387 e. The zero-order chi connectivity index (χ0) is 13.2. The maximum atomic E-state index is 13.3. The van der Waals surface area contributed by atoms with Crippen LogP contribution in [0.1, 0.15) is 17.2 Å². The number of benzene rings is 1. The average molecular weight is 250 g/mol. The summed E-state index contributed by atoms with van der Waals surface area (Å²) in [6.07, 6.45) is -1.91. The van der Waals surface area contributed by atoms with E-state index in [1.165, 1.54) is 6.92 Å². The molecule has 0 aliphatic carbocycles. The van der Waals surface area contributed by atoms with Crippen LogP contribution in [-0.2, 0) is 4.79 Å². The van der Waals surface area contributed by atoms with Crippen LogP contribution in [0.2, 0.25) is 0 Å². The first-order chi connectivity index (χ1) is 7.82. The first kappa shape index (κ1) is 13.3. The van der Waals surface area contributed by atoms with Gasteiger partial charge in [-0.15, -0.1) is 0 Å². The van der Waals surface area contributed by atoms with Crippen LogP contribution in [0.5, 0.6) is 5.75 Å². The molecule has 0 amide bonds. The van der Waals surface area contributed by atoms with Crippen molar-refractivity contribution in [2.75, 3.05) is 0 Å². The number of rotatable bonds is 4. The van der Waals surface area contributed by atoms with Gasteiger partial charge >= 0.3 is 12.6 Å². The highest BCUT2D eigenvalue weighted by molar-refractivity contribution is 5.74. The van der Waals surface area contributed by atoms with E-state index in [9.17, 15) is 18.0 Å². The fourth-order valence-electron chi connectivity index (χ4n) is 1.30. The molecule has 0 bridgehead atoms. The van der Waals surface area contributed by atoms with Gasteiger partial charge in [0.05, 0.1) is 0 Å². The summed E-state index contributed by atoms with van der Waals surface area (Å²) in [6, 6.07) is 1.71. The van der Waals surface area contributed by atoms with Crippen molar-refractivity contribution in [1.29, 1.82) is 0 Å². The van der Waals surface area contributed by atoms with Crippen molar-refractivity contribution in [3.05, 3.63) is 29.1 Å². The van der Waals surface area contributed by atoms with E-state index in [-0.39, 0.29) is 11.1 Å². The van der Waals surface area contributed by atoms with Gasteiger partial charge in [-0.1, -0.05) is 0 Å². The molecule has 4 nitrogen and oxygen atoms in total. The van der Waals surface area contributed by atoms with Crippen LogP contribution in [0.15, 0.2) is 12.1 Å². The fourth-order valence-corrected chi connectivity index (χ4v) is 1.30. The molecule has 0 spiro atoms. The minimum atomic E-state index is -3.18. The van der Waals surface area contributed by atoms with Crippen molar-refractivity contribution >= 4 is 5.97 Å². The summed E-state index contributed by atoms with van der Waals surface area (Å²) in [7, 11) is 0. The molecule has 0 aromatic heterocycles. The molecule has 0 radical (unpaired) electrons. The van der Waals surface area contributed by atoms with Gasteiger partial charge in [-0.25, -0.2) is 9.18 Å².